The molecular formula is C22H15NO4. The Hall–Kier alpha value is -3.78. The molecule has 1 aliphatic rings. The predicted octanol–water partition coefficient (Wildman–Crippen LogP) is 3.97. The number of rotatable bonds is 3. The first kappa shape index (κ1) is 16.7. The molecule has 4 rings (SSSR count). The number of benzene rings is 3. The Morgan fingerprint density at radius 2 is 1.56 bits per heavy atom. The molecule has 0 fully saturated rings. The summed E-state index contributed by atoms with van der Waals surface area (Å²) in [5, 5.41) is 8.86. The van der Waals surface area contributed by atoms with Gasteiger partial charge in [-0.05, 0) is 47.5 Å². The number of carbonyl (C=O) groups is 1. The minimum Gasteiger partial charge on any atom is -0.485 e. The van der Waals surface area contributed by atoms with Gasteiger partial charge in [0, 0.05) is 0 Å². The fourth-order valence-corrected chi connectivity index (χ4v) is 2.77. The number of carbonyl (C=O) groups excluding carboxylic acids is 1. The predicted molar refractivity (Wildman–Crippen MR) is 98.6 cm³/mol. The van der Waals surface area contributed by atoms with Crippen LogP contribution in [-0.2, 0) is 4.79 Å². The zero-order valence-electron chi connectivity index (χ0n) is 14.3. The number of esters is 1. The molecule has 0 radical (unpaired) electrons. The highest BCUT2D eigenvalue weighted by Gasteiger charge is 2.29. The molecule has 1 aliphatic heterocycles. The molecule has 1 atom stereocenters. The van der Waals surface area contributed by atoms with Gasteiger partial charge in [0.2, 0.25) is 6.10 Å². The highest BCUT2D eigenvalue weighted by molar-refractivity contribution is 5.78. The number of ether oxygens (including phenoxy) is 3. The van der Waals surface area contributed by atoms with Crippen LogP contribution < -0.4 is 14.2 Å². The van der Waals surface area contributed by atoms with Crippen LogP contribution in [0.15, 0.2) is 72.8 Å². The van der Waals surface area contributed by atoms with Gasteiger partial charge < -0.3 is 14.2 Å². The van der Waals surface area contributed by atoms with E-state index in [0.717, 1.165) is 11.1 Å². The second-order valence-electron chi connectivity index (χ2n) is 6.00. The Bertz CT molecular complexity index is 1000. The highest BCUT2D eigenvalue weighted by Crippen LogP contribution is 2.31. The summed E-state index contributed by atoms with van der Waals surface area (Å²) in [7, 11) is 0. The molecule has 0 aliphatic carbocycles. The average molecular weight is 357 g/mol. The van der Waals surface area contributed by atoms with Crippen molar-refractivity contribution in [3.8, 4) is 34.4 Å². The van der Waals surface area contributed by atoms with Gasteiger partial charge in [-0.2, -0.15) is 5.26 Å². The van der Waals surface area contributed by atoms with E-state index in [0.29, 0.717) is 22.8 Å². The summed E-state index contributed by atoms with van der Waals surface area (Å²) in [6.45, 7) is 0.110. The molecule has 5 heteroatoms. The van der Waals surface area contributed by atoms with E-state index in [-0.39, 0.29) is 6.61 Å². The molecule has 0 saturated heterocycles. The molecule has 3 aromatic carbocycles. The minimum absolute atomic E-state index is 0.110. The van der Waals surface area contributed by atoms with Gasteiger partial charge in [-0.15, -0.1) is 0 Å². The first-order valence-electron chi connectivity index (χ1n) is 8.44. The molecule has 5 nitrogen and oxygen atoms in total. The molecule has 0 N–H and O–H groups in total. The maximum Gasteiger partial charge on any atom is 0.356 e. The smallest absolute Gasteiger partial charge is 0.356 e. The molecular weight excluding hydrogens is 342 g/mol. The van der Waals surface area contributed by atoms with Gasteiger partial charge in [0.25, 0.3) is 0 Å². The lowest BCUT2D eigenvalue weighted by atomic mass is 10.0. The standard InChI is InChI=1S/C22H15NO4/c23-13-15-5-7-16(8-6-15)17-9-11-18(12-10-17)26-22(24)21-14-25-19-3-1-2-4-20(19)27-21/h1-12,21H,14H2/t21-/m0/s1. The van der Waals surface area contributed by atoms with Crippen LogP contribution in [0.2, 0.25) is 0 Å². The van der Waals surface area contributed by atoms with Crippen molar-refractivity contribution in [3.05, 3.63) is 78.4 Å². The van der Waals surface area contributed by atoms with Crippen LogP contribution in [0.3, 0.4) is 0 Å². The lowest BCUT2D eigenvalue weighted by molar-refractivity contribution is -0.144. The SMILES string of the molecule is N#Cc1ccc(-c2ccc(OC(=O)[C@@H]3COc4ccccc4O3)cc2)cc1. The number of para-hydroxylation sites is 2. The second-order valence-corrected chi connectivity index (χ2v) is 6.00. The molecule has 132 valence electrons. The highest BCUT2D eigenvalue weighted by atomic mass is 16.6. The Morgan fingerprint density at radius 3 is 2.22 bits per heavy atom. The van der Waals surface area contributed by atoms with Crippen molar-refractivity contribution in [2.24, 2.45) is 0 Å². The van der Waals surface area contributed by atoms with Crippen molar-refractivity contribution >= 4 is 5.97 Å². The van der Waals surface area contributed by atoms with Crippen LogP contribution in [0.5, 0.6) is 17.2 Å². The molecule has 0 unspecified atom stereocenters. The number of hydrogen-bond donors (Lipinski definition) is 0. The largest absolute Gasteiger partial charge is 0.485 e. The van der Waals surface area contributed by atoms with Gasteiger partial charge in [0.15, 0.2) is 11.5 Å². The van der Waals surface area contributed by atoms with Gasteiger partial charge in [0.1, 0.15) is 12.4 Å². The lowest BCUT2D eigenvalue weighted by Gasteiger charge is -2.24. The van der Waals surface area contributed by atoms with E-state index >= 15 is 0 Å². The first-order chi connectivity index (χ1) is 13.2. The van der Waals surface area contributed by atoms with Crippen LogP contribution in [0.25, 0.3) is 11.1 Å². The van der Waals surface area contributed by atoms with Crippen LogP contribution in [0, 0.1) is 11.3 Å². The quantitative estimate of drug-likeness (QED) is 0.524. The van der Waals surface area contributed by atoms with Crippen molar-refractivity contribution in [1.29, 1.82) is 5.26 Å². The van der Waals surface area contributed by atoms with E-state index in [9.17, 15) is 4.79 Å². The summed E-state index contributed by atoms with van der Waals surface area (Å²) < 4.78 is 16.6. The van der Waals surface area contributed by atoms with Crippen LogP contribution in [0.4, 0.5) is 0 Å². The number of nitrogens with zero attached hydrogens (tertiary/aromatic N) is 1. The summed E-state index contributed by atoms with van der Waals surface area (Å²) in [4.78, 5) is 12.3. The first-order valence-corrected chi connectivity index (χ1v) is 8.44. The summed E-state index contributed by atoms with van der Waals surface area (Å²) in [5.41, 5.74) is 2.55. The molecule has 0 aromatic heterocycles. The lowest BCUT2D eigenvalue weighted by Crippen LogP contribution is -2.39. The fraction of sp³-hybridized carbons (Fsp3) is 0.0909. The Balaban J connectivity index is 1.42. The molecule has 0 saturated carbocycles. The van der Waals surface area contributed by atoms with E-state index in [1.165, 1.54) is 0 Å². The number of hydrogen-bond acceptors (Lipinski definition) is 5. The summed E-state index contributed by atoms with van der Waals surface area (Å²) in [6.07, 6.45) is -0.807. The monoisotopic (exact) mass is 357 g/mol. The minimum atomic E-state index is -0.807. The zero-order chi connectivity index (χ0) is 18.6. The maximum absolute atomic E-state index is 12.3. The third-order valence-corrected chi connectivity index (χ3v) is 4.19. The molecule has 0 spiro atoms. The fourth-order valence-electron chi connectivity index (χ4n) is 2.77. The van der Waals surface area contributed by atoms with Crippen LogP contribution in [0.1, 0.15) is 5.56 Å². The second kappa shape index (κ2) is 7.22. The third kappa shape index (κ3) is 3.60. The summed E-state index contributed by atoms with van der Waals surface area (Å²) >= 11 is 0. The van der Waals surface area contributed by atoms with Crippen molar-refractivity contribution in [2.45, 2.75) is 6.10 Å². The Morgan fingerprint density at radius 1 is 0.926 bits per heavy atom. The van der Waals surface area contributed by atoms with E-state index in [2.05, 4.69) is 6.07 Å². The third-order valence-electron chi connectivity index (χ3n) is 4.19. The molecule has 0 amide bonds. The average Bonchev–Trinajstić information content (AvgIpc) is 2.74. The Kier molecular flexibility index (Phi) is 4.46. The van der Waals surface area contributed by atoms with Crippen molar-refractivity contribution < 1.29 is 19.0 Å². The summed E-state index contributed by atoms with van der Waals surface area (Å²) in [6, 6.07) is 23.8. The maximum atomic E-state index is 12.3. The van der Waals surface area contributed by atoms with Crippen molar-refractivity contribution in [2.75, 3.05) is 6.61 Å². The van der Waals surface area contributed by atoms with Gasteiger partial charge in [-0.3, -0.25) is 0 Å². The summed E-state index contributed by atoms with van der Waals surface area (Å²) in [5.74, 6) is 1.07. The van der Waals surface area contributed by atoms with Crippen molar-refractivity contribution in [1.82, 2.24) is 0 Å². The van der Waals surface area contributed by atoms with Crippen LogP contribution >= 0.6 is 0 Å². The molecule has 27 heavy (non-hydrogen) atoms. The van der Waals surface area contributed by atoms with Gasteiger partial charge in [-0.25, -0.2) is 4.79 Å². The molecule has 3 aromatic rings. The van der Waals surface area contributed by atoms with Gasteiger partial charge in [-0.1, -0.05) is 36.4 Å². The zero-order valence-corrected chi connectivity index (χ0v) is 14.3. The van der Waals surface area contributed by atoms with Gasteiger partial charge >= 0.3 is 5.97 Å². The van der Waals surface area contributed by atoms with Crippen LogP contribution in [-0.4, -0.2) is 18.7 Å². The van der Waals surface area contributed by atoms with Crippen molar-refractivity contribution in [3.63, 3.8) is 0 Å². The molecule has 0 bridgehead atoms. The van der Waals surface area contributed by atoms with E-state index in [4.69, 9.17) is 19.5 Å². The van der Waals surface area contributed by atoms with E-state index in [1.54, 1.807) is 36.4 Å². The Labute approximate surface area is 156 Å². The van der Waals surface area contributed by atoms with E-state index < -0.39 is 12.1 Å². The van der Waals surface area contributed by atoms with E-state index in [1.807, 2.05) is 36.4 Å². The number of fused-ring (bicyclic) bond motifs is 1. The van der Waals surface area contributed by atoms with Gasteiger partial charge in [0.05, 0.1) is 11.6 Å². The topological polar surface area (TPSA) is 68.5 Å². The normalized spacial score (nSPS) is 14.9. The molecule has 1 heterocycles. The number of nitriles is 1.